The normalized spacial score (nSPS) is 11.7. The summed E-state index contributed by atoms with van der Waals surface area (Å²) < 4.78 is 39.1. The lowest BCUT2D eigenvalue weighted by atomic mass is 10.1. The first kappa shape index (κ1) is 15.3. The number of aromatic nitrogens is 3. The SMILES string of the molecule is O=C(Nc1c[nH]c2ncccc12)c1cnc(Cl)cc1C(F)(F)F. The standard InChI is InChI=1S/C14H8ClF3N4O/c15-11-4-9(14(16,17)18)8(5-20-11)13(23)22-10-6-21-12-7(10)2-1-3-19-12/h1-6H,(H,19,21)(H,22,23). The van der Waals surface area contributed by atoms with Crippen LogP contribution >= 0.6 is 11.6 Å². The van der Waals surface area contributed by atoms with E-state index in [-0.39, 0.29) is 5.15 Å². The highest BCUT2D eigenvalue weighted by Gasteiger charge is 2.36. The number of hydrogen-bond acceptors (Lipinski definition) is 3. The lowest BCUT2D eigenvalue weighted by Crippen LogP contribution is -2.19. The van der Waals surface area contributed by atoms with E-state index in [1.807, 2.05) is 0 Å². The Balaban J connectivity index is 1.98. The van der Waals surface area contributed by atoms with Crippen molar-refractivity contribution in [2.75, 3.05) is 5.32 Å². The molecule has 9 heteroatoms. The van der Waals surface area contributed by atoms with E-state index in [4.69, 9.17) is 11.6 Å². The van der Waals surface area contributed by atoms with Crippen LogP contribution in [0.1, 0.15) is 15.9 Å². The van der Waals surface area contributed by atoms with Crippen molar-refractivity contribution in [2.24, 2.45) is 0 Å². The van der Waals surface area contributed by atoms with Crippen molar-refractivity contribution in [2.45, 2.75) is 6.18 Å². The van der Waals surface area contributed by atoms with E-state index >= 15 is 0 Å². The highest BCUT2D eigenvalue weighted by atomic mass is 35.5. The zero-order valence-electron chi connectivity index (χ0n) is 11.3. The number of fused-ring (bicyclic) bond motifs is 1. The second-order valence-electron chi connectivity index (χ2n) is 4.61. The lowest BCUT2D eigenvalue weighted by molar-refractivity contribution is -0.137. The van der Waals surface area contributed by atoms with Crippen LogP contribution in [0.3, 0.4) is 0 Å². The number of rotatable bonds is 2. The molecule has 0 saturated carbocycles. The van der Waals surface area contributed by atoms with Gasteiger partial charge >= 0.3 is 6.18 Å². The highest BCUT2D eigenvalue weighted by Crippen LogP contribution is 2.33. The fourth-order valence-corrected chi connectivity index (χ4v) is 2.25. The number of nitrogens with one attached hydrogen (secondary N) is 2. The van der Waals surface area contributed by atoms with E-state index in [0.717, 1.165) is 6.20 Å². The van der Waals surface area contributed by atoms with Gasteiger partial charge in [0.05, 0.1) is 16.8 Å². The van der Waals surface area contributed by atoms with Crippen LogP contribution in [0.2, 0.25) is 5.15 Å². The summed E-state index contributed by atoms with van der Waals surface area (Å²) in [5, 5.41) is 2.66. The third-order valence-electron chi connectivity index (χ3n) is 3.12. The summed E-state index contributed by atoms with van der Waals surface area (Å²) in [4.78, 5) is 22.6. The molecule has 0 radical (unpaired) electrons. The lowest BCUT2D eigenvalue weighted by Gasteiger charge is -2.12. The Morgan fingerprint density at radius 1 is 1.30 bits per heavy atom. The molecule has 0 spiro atoms. The molecule has 0 unspecified atom stereocenters. The van der Waals surface area contributed by atoms with Crippen LogP contribution in [0.5, 0.6) is 0 Å². The summed E-state index contributed by atoms with van der Waals surface area (Å²) in [5.41, 5.74) is -0.928. The number of pyridine rings is 2. The molecule has 2 N–H and O–H groups in total. The molecule has 0 aliphatic rings. The van der Waals surface area contributed by atoms with Crippen molar-refractivity contribution in [1.29, 1.82) is 0 Å². The Kier molecular flexibility index (Phi) is 3.69. The monoisotopic (exact) mass is 340 g/mol. The molecule has 0 aliphatic carbocycles. The van der Waals surface area contributed by atoms with Crippen LogP contribution < -0.4 is 5.32 Å². The first-order chi connectivity index (χ1) is 10.9. The van der Waals surface area contributed by atoms with Gasteiger partial charge in [-0.2, -0.15) is 13.2 Å². The molecule has 3 heterocycles. The zero-order valence-corrected chi connectivity index (χ0v) is 12.0. The number of carbonyl (C=O) groups is 1. The predicted octanol–water partition coefficient (Wildman–Crippen LogP) is 3.88. The molecular formula is C14H8ClF3N4O. The average molecular weight is 341 g/mol. The maximum Gasteiger partial charge on any atom is 0.417 e. The van der Waals surface area contributed by atoms with E-state index in [2.05, 4.69) is 20.3 Å². The summed E-state index contributed by atoms with van der Waals surface area (Å²) >= 11 is 5.49. The molecule has 5 nitrogen and oxygen atoms in total. The molecule has 3 aromatic rings. The van der Waals surface area contributed by atoms with Gasteiger partial charge in [-0.25, -0.2) is 9.97 Å². The Morgan fingerprint density at radius 2 is 2.09 bits per heavy atom. The van der Waals surface area contributed by atoms with Crippen molar-refractivity contribution in [3.8, 4) is 0 Å². The number of H-pyrrole nitrogens is 1. The summed E-state index contributed by atoms with van der Waals surface area (Å²) in [7, 11) is 0. The van der Waals surface area contributed by atoms with Crippen molar-refractivity contribution < 1.29 is 18.0 Å². The van der Waals surface area contributed by atoms with Crippen LogP contribution in [-0.4, -0.2) is 20.9 Å². The molecule has 3 aromatic heterocycles. The number of halogens is 4. The molecule has 0 fully saturated rings. The van der Waals surface area contributed by atoms with Crippen LogP contribution in [-0.2, 0) is 6.18 Å². The fraction of sp³-hybridized carbons (Fsp3) is 0.0714. The molecule has 0 aromatic carbocycles. The Morgan fingerprint density at radius 3 is 2.83 bits per heavy atom. The maximum absolute atomic E-state index is 13.0. The summed E-state index contributed by atoms with van der Waals surface area (Å²) in [6.07, 6.45) is -0.921. The largest absolute Gasteiger partial charge is 0.417 e. The minimum atomic E-state index is -4.72. The number of aromatic amines is 1. The van der Waals surface area contributed by atoms with Crippen LogP contribution in [0, 0.1) is 0 Å². The van der Waals surface area contributed by atoms with Gasteiger partial charge in [0.1, 0.15) is 10.8 Å². The Bertz CT molecular complexity index is 891. The Hall–Kier alpha value is -2.61. The molecule has 118 valence electrons. The van der Waals surface area contributed by atoms with Crippen molar-refractivity contribution in [1.82, 2.24) is 15.0 Å². The molecular weight excluding hydrogens is 333 g/mol. The number of anilines is 1. The average Bonchev–Trinajstić information content (AvgIpc) is 2.89. The minimum Gasteiger partial charge on any atom is -0.344 e. The van der Waals surface area contributed by atoms with Crippen LogP contribution in [0.4, 0.5) is 18.9 Å². The number of alkyl halides is 3. The zero-order chi connectivity index (χ0) is 16.6. The molecule has 1 amide bonds. The number of nitrogens with zero attached hydrogens (tertiary/aromatic N) is 2. The van der Waals surface area contributed by atoms with Crippen molar-refractivity contribution in [3.05, 3.63) is 53.1 Å². The first-order valence-electron chi connectivity index (χ1n) is 6.32. The van der Waals surface area contributed by atoms with Gasteiger partial charge in [0, 0.05) is 24.0 Å². The molecule has 0 atom stereocenters. The van der Waals surface area contributed by atoms with E-state index < -0.39 is 23.2 Å². The van der Waals surface area contributed by atoms with Gasteiger partial charge in [-0.15, -0.1) is 0 Å². The van der Waals surface area contributed by atoms with Gasteiger partial charge in [-0.1, -0.05) is 11.6 Å². The quantitative estimate of drug-likeness (QED) is 0.695. The number of amides is 1. The second-order valence-corrected chi connectivity index (χ2v) is 4.99. The molecule has 23 heavy (non-hydrogen) atoms. The highest BCUT2D eigenvalue weighted by molar-refractivity contribution is 6.29. The molecule has 3 rings (SSSR count). The van der Waals surface area contributed by atoms with Gasteiger partial charge in [0.25, 0.3) is 5.91 Å². The molecule has 0 saturated heterocycles. The molecule has 0 aliphatic heterocycles. The van der Waals surface area contributed by atoms with Crippen LogP contribution in [0.15, 0.2) is 36.8 Å². The van der Waals surface area contributed by atoms with Crippen molar-refractivity contribution >= 4 is 34.2 Å². The van der Waals surface area contributed by atoms with Crippen molar-refractivity contribution in [3.63, 3.8) is 0 Å². The van der Waals surface area contributed by atoms with E-state index in [0.29, 0.717) is 22.8 Å². The maximum atomic E-state index is 13.0. The number of carbonyl (C=O) groups excluding carboxylic acids is 1. The smallest absolute Gasteiger partial charge is 0.344 e. The summed E-state index contributed by atoms with van der Waals surface area (Å²) in [6.45, 7) is 0. The topological polar surface area (TPSA) is 70.7 Å². The summed E-state index contributed by atoms with van der Waals surface area (Å²) in [6, 6.07) is 3.95. The number of hydrogen-bond donors (Lipinski definition) is 2. The second kappa shape index (κ2) is 5.54. The van der Waals surface area contributed by atoms with Gasteiger partial charge in [-0.3, -0.25) is 4.79 Å². The van der Waals surface area contributed by atoms with Gasteiger partial charge < -0.3 is 10.3 Å². The van der Waals surface area contributed by atoms with Gasteiger partial charge in [0.2, 0.25) is 0 Å². The minimum absolute atomic E-state index is 0.321. The van der Waals surface area contributed by atoms with Gasteiger partial charge in [-0.05, 0) is 18.2 Å². The summed E-state index contributed by atoms with van der Waals surface area (Å²) in [5.74, 6) is -0.939. The first-order valence-corrected chi connectivity index (χ1v) is 6.70. The van der Waals surface area contributed by atoms with Crippen LogP contribution in [0.25, 0.3) is 11.0 Å². The predicted molar refractivity (Wildman–Crippen MR) is 78.3 cm³/mol. The van der Waals surface area contributed by atoms with Gasteiger partial charge in [0.15, 0.2) is 0 Å². The third-order valence-corrected chi connectivity index (χ3v) is 3.33. The van der Waals surface area contributed by atoms with E-state index in [1.165, 1.54) is 6.20 Å². The Labute approximate surface area is 132 Å². The van der Waals surface area contributed by atoms with E-state index in [1.54, 1.807) is 18.3 Å². The van der Waals surface area contributed by atoms with E-state index in [9.17, 15) is 18.0 Å². The molecule has 0 bridgehead atoms. The third kappa shape index (κ3) is 2.98. The fourth-order valence-electron chi connectivity index (χ4n) is 2.09.